The maximum Gasteiger partial charge on any atom is 0.305 e. The number of carboxylic acids is 1. The van der Waals surface area contributed by atoms with E-state index in [1.165, 1.54) is 10.5 Å². The lowest BCUT2D eigenvalue weighted by atomic mass is 10.0. The zero-order valence-electron chi connectivity index (χ0n) is 10.1. The lowest BCUT2D eigenvalue weighted by molar-refractivity contribution is -0.137. The van der Waals surface area contributed by atoms with E-state index in [4.69, 9.17) is 5.11 Å². The van der Waals surface area contributed by atoms with Crippen molar-refractivity contribution in [3.05, 3.63) is 35.7 Å². The molecule has 0 aliphatic carbocycles. The molecule has 1 atom stereocenters. The summed E-state index contributed by atoms with van der Waals surface area (Å²) in [4.78, 5) is 11.9. The van der Waals surface area contributed by atoms with Crippen LogP contribution in [0.15, 0.2) is 29.2 Å². The SMILES string of the molecule is O=C(O)CCn1nnnc1C1CSc2ccccc21. The van der Waals surface area contributed by atoms with Crippen LogP contribution in [0, 0.1) is 0 Å². The van der Waals surface area contributed by atoms with Gasteiger partial charge < -0.3 is 5.11 Å². The zero-order chi connectivity index (χ0) is 13.2. The van der Waals surface area contributed by atoms with Crippen LogP contribution in [-0.4, -0.2) is 37.0 Å². The number of aryl methyl sites for hydroxylation is 1. The molecule has 0 radical (unpaired) electrons. The Balaban J connectivity index is 1.88. The lowest BCUT2D eigenvalue weighted by Crippen LogP contribution is -2.13. The van der Waals surface area contributed by atoms with Crippen LogP contribution < -0.4 is 0 Å². The van der Waals surface area contributed by atoms with Gasteiger partial charge >= 0.3 is 5.97 Å². The first-order valence-electron chi connectivity index (χ1n) is 5.95. The summed E-state index contributed by atoms with van der Waals surface area (Å²) in [6.45, 7) is 0.307. The van der Waals surface area contributed by atoms with Gasteiger partial charge in [0.15, 0.2) is 5.82 Å². The van der Waals surface area contributed by atoms with Crippen LogP contribution in [0.4, 0.5) is 0 Å². The predicted octanol–water partition coefficient (Wildman–Crippen LogP) is 1.39. The van der Waals surface area contributed by atoms with Gasteiger partial charge in [0.05, 0.1) is 18.9 Å². The second-order valence-corrected chi connectivity index (χ2v) is 5.37. The molecule has 0 amide bonds. The number of fused-ring (bicyclic) bond motifs is 1. The smallest absolute Gasteiger partial charge is 0.305 e. The van der Waals surface area contributed by atoms with Gasteiger partial charge in [-0.3, -0.25) is 4.79 Å². The Morgan fingerprint density at radius 1 is 1.47 bits per heavy atom. The van der Waals surface area contributed by atoms with E-state index in [0.29, 0.717) is 6.54 Å². The predicted molar refractivity (Wildman–Crippen MR) is 69.1 cm³/mol. The summed E-state index contributed by atoms with van der Waals surface area (Å²) >= 11 is 1.78. The lowest BCUT2D eigenvalue weighted by Gasteiger charge is -2.10. The van der Waals surface area contributed by atoms with Crippen molar-refractivity contribution in [1.29, 1.82) is 0 Å². The van der Waals surface area contributed by atoms with Crippen molar-refractivity contribution in [2.75, 3.05) is 5.75 Å². The van der Waals surface area contributed by atoms with Crippen molar-refractivity contribution in [3.8, 4) is 0 Å². The van der Waals surface area contributed by atoms with Crippen molar-refractivity contribution in [2.45, 2.75) is 23.8 Å². The first kappa shape index (κ1) is 12.2. The highest BCUT2D eigenvalue weighted by Gasteiger charge is 2.28. The van der Waals surface area contributed by atoms with Crippen LogP contribution in [0.5, 0.6) is 0 Å². The van der Waals surface area contributed by atoms with Crippen molar-refractivity contribution < 1.29 is 9.90 Å². The second-order valence-electron chi connectivity index (χ2n) is 4.31. The highest BCUT2D eigenvalue weighted by Crippen LogP contribution is 2.41. The van der Waals surface area contributed by atoms with Crippen LogP contribution in [0.1, 0.15) is 23.7 Å². The van der Waals surface area contributed by atoms with Gasteiger partial charge in [-0.2, -0.15) is 0 Å². The van der Waals surface area contributed by atoms with Crippen molar-refractivity contribution >= 4 is 17.7 Å². The molecule has 7 heteroatoms. The van der Waals surface area contributed by atoms with Gasteiger partial charge in [-0.15, -0.1) is 16.9 Å². The molecule has 0 saturated carbocycles. The standard InChI is InChI=1S/C12H12N4O2S/c17-11(18)5-6-16-12(13-14-15-16)9-7-19-10-4-2-1-3-8(9)10/h1-4,9H,5-7H2,(H,17,18). The molecule has 1 aliphatic rings. The number of nitrogens with zero attached hydrogens (tertiary/aromatic N) is 4. The van der Waals surface area contributed by atoms with E-state index in [-0.39, 0.29) is 12.3 Å². The molecule has 0 saturated heterocycles. The number of benzene rings is 1. The van der Waals surface area contributed by atoms with Crippen molar-refractivity contribution in [3.63, 3.8) is 0 Å². The maximum absolute atomic E-state index is 10.6. The number of rotatable bonds is 4. The minimum Gasteiger partial charge on any atom is -0.481 e. The maximum atomic E-state index is 10.6. The van der Waals surface area contributed by atoms with Gasteiger partial charge in [-0.1, -0.05) is 18.2 Å². The Morgan fingerprint density at radius 3 is 3.16 bits per heavy atom. The Bertz CT molecular complexity index is 613. The zero-order valence-corrected chi connectivity index (χ0v) is 10.9. The number of tetrazole rings is 1. The molecular formula is C12H12N4O2S. The largest absolute Gasteiger partial charge is 0.481 e. The number of aliphatic carboxylic acids is 1. The quantitative estimate of drug-likeness (QED) is 0.908. The molecule has 6 nitrogen and oxygen atoms in total. The molecular weight excluding hydrogens is 264 g/mol. The van der Waals surface area contributed by atoms with Crippen LogP contribution >= 0.6 is 11.8 Å². The van der Waals surface area contributed by atoms with Crippen LogP contribution in [0.25, 0.3) is 0 Å². The summed E-state index contributed by atoms with van der Waals surface area (Å²) < 4.78 is 1.60. The fourth-order valence-electron chi connectivity index (χ4n) is 2.20. The monoisotopic (exact) mass is 276 g/mol. The van der Waals surface area contributed by atoms with E-state index in [0.717, 1.165) is 11.6 Å². The molecule has 0 fully saturated rings. The minimum atomic E-state index is -0.845. The van der Waals surface area contributed by atoms with Crippen molar-refractivity contribution in [1.82, 2.24) is 20.2 Å². The molecule has 1 aromatic carbocycles. The van der Waals surface area contributed by atoms with E-state index >= 15 is 0 Å². The molecule has 1 unspecified atom stereocenters. The molecule has 2 heterocycles. The number of carboxylic acid groups (broad SMARTS) is 1. The number of aromatic nitrogens is 4. The summed E-state index contributed by atoms with van der Waals surface area (Å²) in [5, 5.41) is 20.4. The number of thioether (sulfide) groups is 1. The third kappa shape index (κ3) is 2.33. The third-order valence-electron chi connectivity index (χ3n) is 3.11. The second kappa shape index (κ2) is 5.00. The molecule has 19 heavy (non-hydrogen) atoms. The molecule has 1 aromatic heterocycles. The van der Waals surface area contributed by atoms with Gasteiger partial charge in [-0.25, -0.2) is 4.68 Å². The summed E-state index contributed by atoms with van der Waals surface area (Å²) in [6.07, 6.45) is 0.0273. The molecule has 1 aliphatic heterocycles. The summed E-state index contributed by atoms with van der Waals surface area (Å²) in [7, 11) is 0. The van der Waals surface area contributed by atoms with E-state index in [1.54, 1.807) is 16.4 Å². The van der Waals surface area contributed by atoms with Gasteiger partial charge in [0.25, 0.3) is 0 Å². The summed E-state index contributed by atoms with van der Waals surface area (Å²) in [5.41, 5.74) is 1.22. The normalized spacial score (nSPS) is 17.4. The Hall–Kier alpha value is -1.89. The van der Waals surface area contributed by atoms with Crippen LogP contribution in [-0.2, 0) is 11.3 Å². The minimum absolute atomic E-state index is 0.0273. The summed E-state index contributed by atoms with van der Waals surface area (Å²) in [5.74, 6) is 0.943. The molecule has 0 bridgehead atoms. The highest BCUT2D eigenvalue weighted by atomic mass is 32.2. The Morgan fingerprint density at radius 2 is 2.32 bits per heavy atom. The van der Waals surface area contributed by atoms with Crippen molar-refractivity contribution in [2.24, 2.45) is 0 Å². The van der Waals surface area contributed by atoms with Gasteiger partial charge in [0, 0.05) is 10.6 Å². The highest BCUT2D eigenvalue weighted by molar-refractivity contribution is 7.99. The fraction of sp³-hybridized carbons (Fsp3) is 0.333. The van der Waals surface area contributed by atoms with Crippen LogP contribution in [0.3, 0.4) is 0 Å². The van der Waals surface area contributed by atoms with E-state index < -0.39 is 5.97 Å². The third-order valence-corrected chi connectivity index (χ3v) is 4.29. The molecule has 98 valence electrons. The average molecular weight is 276 g/mol. The van der Waals surface area contributed by atoms with Gasteiger partial charge in [0.2, 0.25) is 0 Å². The van der Waals surface area contributed by atoms with Crippen LogP contribution in [0.2, 0.25) is 0 Å². The summed E-state index contributed by atoms with van der Waals surface area (Å²) in [6, 6.07) is 8.19. The number of carbonyl (C=O) groups is 1. The Kier molecular flexibility index (Phi) is 3.20. The molecule has 2 aromatic rings. The first-order valence-corrected chi connectivity index (χ1v) is 6.94. The first-order chi connectivity index (χ1) is 9.25. The average Bonchev–Trinajstić information content (AvgIpc) is 3.02. The van der Waals surface area contributed by atoms with E-state index in [2.05, 4.69) is 27.7 Å². The number of hydrogen-bond donors (Lipinski definition) is 1. The van der Waals surface area contributed by atoms with E-state index in [1.807, 2.05) is 12.1 Å². The van der Waals surface area contributed by atoms with Gasteiger partial charge in [-0.05, 0) is 22.1 Å². The molecule has 3 rings (SSSR count). The van der Waals surface area contributed by atoms with Gasteiger partial charge in [0.1, 0.15) is 0 Å². The molecule has 1 N–H and O–H groups in total. The topological polar surface area (TPSA) is 80.9 Å². The number of hydrogen-bond acceptors (Lipinski definition) is 5. The van der Waals surface area contributed by atoms with E-state index in [9.17, 15) is 4.79 Å². The molecule has 0 spiro atoms. The Labute approximate surface area is 113 Å². The fourth-order valence-corrected chi connectivity index (χ4v) is 3.42.